The minimum absolute atomic E-state index is 0.0336. The average Bonchev–Trinajstić information content (AvgIpc) is 1.86. The van der Waals surface area contributed by atoms with Gasteiger partial charge in [-0.3, -0.25) is 4.79 Å². The van der Waals surface area contributed by atoms with Gasteiger partial charge in [0.15, 0.2) is 0 Å². The Kier molecular flexibility index (Phi) is 4.45. The molecule has 0 saturated heterocycles. The number of likely N-dealkylation sites (N-methyl/N-ethyl adjacent to an activating group) is 2. The van der Waals surface area contributed by atoms with Gasteiger partial charge in [0.05, 0.1) is 6.54 Å². The van der Waals surface area contributed by atoms with Crippen LogP contribution in [0.4, 0.5) is 0 Å². The zero-order valence-corrected chi connectivity index (χ0v) is 7.51. The number of amides is 1. The molecule has 4 heteroatoms. The largest absolute Gasteiger partial charge is 0.311 e. The van der Waals surface area contributed by atoms with Crippen molar-refractivity contribution in [2.24, 2.45) is 5.10 Å². The first kappa shape index (κ1) is 10.1. The Balaban J connectivity index is 3.93. The molecule has 0 aromatic heterocycles. The molecule has 0 aromatic rings. The smallest absolute Gasteiger partial charge is 0.256 e. The van der Waals surface area contributed by atoms with Crippen molar-refractivity contribution in [1.29, 1.82) is 0 Å². The molecule has 0 saturated carbocycles. The molecule has 0 radical (unpaired) electrons. The van der Waals surface area contributed by atoms with E-state index in [0.717, 1.165) is 5.71 Å². The molecule has 11 heavy (non-hydrogen) atoms. The van der Waals surface area contributed by atoms with Crippen LogP contribution in [0.1, 0.15) is 13.8 Å². The maximum atomic E-state index is 11.0. The van der Waals surface area contributed by atoms with Crippen LogP contribution in [0.3, 0.4) is 0 Å². The molecule has 0 heterocycles. The predicted molar refractivity (Wildman–Crippen MR) is 45.5 cm³/mol. The van der Waals surface area contributed by atoms with Crippen molar-refractivity contribution in [3.63, 3.8) is 0 Å². The third-order valence-electron chi connectivity index (χ3n) is 1.04. The molecule has 0 bridgehead atoms. The minimum atomic E-state index is -0.0336. The summed E-state index contributed by atoms with van der Waals surface area (Å²) in [6, 6.07) is 0. The first-order valence-electron chi connectivity index (χ1n) is 3.51. The van der Waals surface area contributed by atoms with Crippen LogP contribution < -0.4 is 5.32 Å². The monoisotopic (exact) mass is 157 g/mol. The fourth-order valence-corrected chi connectivity index (χ4v) is 0.621. The second-order valence-electron chi connectivity index (χ2n) is 2.49. The molecule has 4 nitrogen and oxygen atoms in total. The van der Waals surface area contributed by atoms with E-state index in [1.807, 2.05) is 13.8 Å². The van der Waals surface area contributed by atoms with E-state index < -0.39 is 0 Å². The van der Waals surface area contributed by atoms with Crippen LogP contribution in [0.2, 0.25) is 0 Å². The standard InChI is InChI=1S/C7H15N3O/c1-6(2)9-10(4)7(11)5-8-3/h8H,5H2,1-4H3. The van der Waals surface area contributed by atoms with Crippen LogP contribution in [-0.2, 0) is 4.79 Å². The van der Waals surface area contributed by atoms with Gasteiger partial charge in [0.2, 0.25) is 0 Å². The van der Waals surface area contributed by atoms with E-state index >= 15 is 0 Å². The van der Waals surface area contributed by atoms with Crippen LogP contribution >= 0.6 is 0 Å². The minimum Gasteiger partial charge on any atom is -0.311 e. The van der Waals surface area contributed by atoms with Gasteiger partial charge in [-0.25, -0.2) is 5.01 Å². The Labute approximate surface area is 67.3 Å². The van der Waals surface area contributed by atoms with Gasteiger partial charge in [0.1, 0.15) is 0 Å². The molecule has 0 aromatic carbocycles. The molecule has 0 aliphatic rings. The lowest BCUT2D eigenvalue weighted by Crippen LogP contribution is -2.31. The van der Waals surface area contributed by atoms with E-state index in [0.29, 0.717) is 6.54 Å². The van der Waals surface area contributed by atoms with E-state index in [4.69, 9.17) is 0 Å². The molecule has 0 unspecified atom stereocenters. The van der Waals surface area contributed by atoms with Crippen LogP contribution in [0.5, 0.6) is 0 Å². The third-order valence-corrected chi connectivity index (χ3v) is 1.04. The van der Waals surface area contributed by atoms with Gasteiger partial charge in [0.25, 0.3) is 5.91 Å². The Morgan fingerprint density at radius 3 is 2.45 bits per heavy atom. The van der Waals surface area contributed by atoms with Gasteiger partial charge in [-0.1, -0.05) is 0 Å². The topological polar surface area (TPSA) is 44.7 Å². The lowest BCUT2D eigenvalue weighted by Gasteiger charge is -2.10. The molecule has 0 atom stereocenters. The molecule has 0 spiro atoms. The molecule has 1 N–H and O–H groups in total. The van der Waals surface area contributed by atoms with Crippen molar-refractivity contribution < 1.29 is 4.79 Å². The van der Waals surface area contributed by atoms with E-state index in [9.17, 15) is 4.79 Å². The summed E-state index contributed by atoms with van der Waals surface area (Å²) in [5, 5.41) is 8.06. The summed E-state index contributed by atoms with van der Waals surface area (Å²) in [6.45, 7) is 4.03. The molecular formula is C7H15N3O. The lowest BCUT2D eigenvalue weighted by molar-refractivity contribution is -0.128. The number of carbonyl (C=O) groups excluding carboxylic acids is 1. The van der Waals surface area contributed by atoms with Gasteiger partial charge >= 0.3 is 0 Å². The van der Waals surface area contributed by atoms with Gasteiger partial charge in [0, 0.05) is 12.8 Å². The average molecular weight is 157 g/mol. The quantitative estimate of drug-likeness (QED) is 0.465. The van der Waals surface area contributed by atoms with Crippen LogP contribution in [0.25, 0.3) is 0 Å². The molecule has 0 aliphatic heterocycles. The van der Waals surface area contributed by atoms with Gasteiger partial charge in [-0.15, -0.1) is 0 Å². The highest BCUT2D eigenvalue weighted by atomic mass is 16.2. The van der Waals surface area contributed by atoms with Crippen LogP contribution in [0.15, 0.2) is 5.10 Å². The fourth-order valence-electron chi connectivity index (χ4n) is 0.621. The SMILES string of the molecule is CNCC(=O)N(C)N=C(C)C. The maximum Gasteiger partial charge on any atom is 0.256 e. The van der Waals surface area contributed by atoms with E-state index in [1.165, 1.54) is 5.01 Å². The molecule has 0 rings (SSSR count). The summed E-state index contributed by atoms with van der Waals surface area (Å²) in [7, 11) is 3.38. The summed E-state index contributed by atoms with van der Waals surface area (Å²) in [5.74, 6) is -0.0336. The molecule has 1 amide bonds. The normalized spacial score (nSPS) is 9.09. The summed E-state index contributed by atoms with van der Waals surface area (Å²) >= 11 is 0. The van der Waals surface area contributed by atoms with Crippen molar-refractivity contribution in [3.8, 4) is 0 Å². The number of carbonyl (C=O) groups is 1. The van der Waals surface area contributed by atoms with Crippen LogP contribution in [-0.4, -0.2) is 37.3 Å². The fraction of sp³-hybridized carbons (Fsp3) is 0.714. The van der Waals surface area contributed by atoms with E-state index in [-0.39, 0.29) is 5.91 Å². The Bertz CT molecular complexity index is 161. The highest BCUT2D eigenvalue weighted by molar-refractivity contribution is 5.83. The number of hydrogen-bond acceptors (Lipinski definition) is 3. The van der Waals surface area contributed by atoms with Crippen molar-refractivity contribution in [3.05, 3.63) is 0 Å². The summed E-state index contributed by atoms with van der Waals surface area (Å²) in [4.78, 5) is 11.0. The van der Waals surface area contributed by atoms with Crippen molar-refractivity contribution in [2.45, 2.75) is 13.8 Å². The Morgan fingerprint density at radius 2 is 2.09 bits per heavy atom. The number of nitrogens with one attached hydrogen (secondary N) is 1. The Morgan fingerprint density at radius 1 is 1.55 bits per heavy atom. The maximum absolute atomic E-state index is 11.0. The zero-order chi connectivity index (χ0) is 8.85. The molecule has 0 fully saturated rings. The van der Waals surface area contributed by atoms with E-state index in [1.54, 1.807) is 14.1 Å². The highest BCUT2D eigenvalue weighted by Crippen LogP contribution is 1.86. The first-order valence-corrected chi connectivity index (χ1v) is 3.51. The van der Waals surface area contributed by atoms with Crippen molar-refractivity contribution in [1.82, 2.24) is 10.3 Å². The number of hydrogen-bond donors (Lipinski definition) is 1. The van der Waals surface area contributed by atoms with Gasteiger partial charge in [-0.05, 0) is 20.9 Å². The zero-order valence-electron chi connectivity index (χ0n) is 7.51. The third kappa shape index (κ3) is 4.50. The highest BCUT2D eigenvalue weighted by Gasteiger charge is 2.03. The van der Waals surface area contributed by atoms with Crippen LogP contribution in [0, 0.1) is 0 Å². The second kappa shape index (κ2) is 4.85. The number of nitrogens with zero attached hydrogens (tertiary/aromatic N) is 2. The van der Waals surface area contributed by atoms with Gasteiger partial charge < -0.3 is 5.32 Å². The molecular weight excluding hydrogens is 142 g/mol. The van der Waals surface area contributed by atoms with E-state index in [2.05, 4.69) is 10.4 Å². The Hall–Kier alpha value is -0.900. The lowest BCUT2D eigenvalue weighted by atomic mass is 10.5. The predicted octanol–water partition coefficient (Wildman–Crippen LogP) is 0.0600. The van der Waals surface area contributed by atoms with Crippen molar-refractivity contribution in [2.75, 3.05) is 20.6 Å². The van der Waals surface area contributed by atoms with Gasteiger partial charge in [-0.2, -0.15) is 5.10 Å². The van der Waals surface area contributed by atoms with Crippen molar-refractivity contribution >= 4 is 11.6 Å². The second-order valence-corrected chi connectivity index (χ2v) is 2.49. The first-order chi connectivity index (χ1) is 5.07. The summed E-state index contributed by atoms with van der Waals surface area (Å²) in [5.41, 5.74) is 0.872. The number of rotatable bonds is 3. The summed E-state index contributed by atoms with van der Waals surface area (Å²) in [6.07, 6.45) is 0. The summed E-state index contributed by atoms with van der Waals surface area (Å²) < 4.78 is 0. The molecule has 0 aliphatic carbocycles. The number of hydrazone groups is 1. The molecule has 64 valence electrons.